The van der Waals surface area contributed by atoms with E-state index in [2.05, 4.69) is 12.2 Å². The maximum absolute atomic E-state index is 13.6. The van der Waals surface area contributed by atoms with Crippen LogP contribution in [0.25, 0.3) is 0 Å². The van der Waals surface area contributed by atoms with E-state index in [0.717, 1.165) is 29.2 Å². The van der Waals surface area contributed by atoms with Gasteiger partial charge >= 0.3 is 0 Å². The molecule has 1 saturated heterocycles. The van der Waals surface area contributed by atoms with Crippen molar-refractivity contribution < 1.29 is 9.59 Å². The number of imide groups is 1. The van der Waals surface area contributed by atoms with Crippen molar-refractivity contribution in [2.24, 2.45) is 47.3 Å². The fourth-order valence-electron chi connectivity index (χ4n) is 8.37. The van der Waals surface area contributed by atoms with E-state index in [1.54, 1.807) is 11.6 Å². The van der Waals surface area contributed by atoms with Gasteiger partial charge in [0.15, 0.2) is 0 Å². The first kappa shape index (κ1) is 17.8. The Morgan fingerprint density at radius 1 is 0.833 bits per heavy atom. The molecule has 1 aromatic carbocycles. The zero-order valence-electron chi connectivity index (χ0n) is 17.2. The molecule has 6 aliphatic carbocycles. The van der Waals surface area contributed by atoms with Crippen LogP contribution in [0.3, 0.4) is 0 Å². The Kier molecular flexibility index (Phi) is 3.48. The van der Waals surface area contributed by atoms with Gasteiger partial charge in [0.25, 0.3) is 0 Å². The van der Waals surface area contributed by atoms with Gasteiger partial charge in [-0.3, -0.25) is 9.59 Å². The molecule has 0 unspecified atom stereocenters. The SMILES string of the molecule is Cc1ccc(Cl)cc1N1C(=O)[C@@H]2[C@@H](C1=O)[C@@H]1C=C[C@@H]2C1=C1C2CC3CC(C2)CC1C3. The van der Waals surface area contributed by atoms with Crippen LogP contribution in [0.5, 0.6) is 0 Å². The van der Waals surface area contributed by atoms with Gasteiger partial charge in [-0.1, -0.05) is 41.0 Å². The van der Waals surface area contributed by atoms with Crippen molar-refractivity contribution >= 4 is 29.1 Å². The van der Waals surface area contributed by atoms with Gasteiger partial charge in [0.05, 0.1) is 17.5 Å². The summed E-state index contributed by atoms with van der Waals surface area (Å²) in [6.45, 7) is 1.94. The lowest BCUT2D eigenvalue weighted by Crippen LogP contribution is -2.41. The Morgan fingerprint density at radius 2 is 1.40 bits per heavy atom. The molecule has 1 aromatic rings. The number of benzene rings is 1. The number of hydrogen-bond donors (Lipinski definition) is 0. The molecule has 154 valence electrons. The molecular weight excluding hydrogens is 394 g/mol. The van der Waals surface area contributed by atoms with Crippen LogP contribution < -0.4 is 4.90 Å². The fourth-order valence-corrected chi connectivity index (χ4v) is 8.54. The summed E-state index contributed by atoms with van der Waals surface area (Å²) < 4.78 is 0. The summed E-state index contributed by atoms with van der Waals surface area (Å²) >= 11 is 6.21. The predicted molar refractivity (Wildman–Crippen MR) is 116 cm³/mol. The molecule has 0 N–H and O–H groups in total. The number of halogens is 1. The largest absolute Gasteiger partial charge is 0.274 e. The highest BCUT2D eigenvalue weighted by molar-refractivity contribution is 6.31. The number of carbonyl (C=O) groups is 2. The van der Waals surface area contributed by atoms with Crippen LogP contribution in [0.2, 0.25) is 5.02 Å². The van der Waals surface area contributed by atoms with E-state index in [9.17, 15) is 9.59 Å². The number of nitrogens with zero attached hydrogens (tertiary/aromatic N) is 1. The molecule has 6 fully saturated rings. The van der Waals surface area contributed by atoms with Crippen molar-refractivity contribution in [1.82, 2.24) is 0 Å². The number of rotatable bonds is 1. The average Bonchev–Trinajstić information content (AvgIpc) is 3.33. The van der Waals surface area contributed by atoms with Gasteiger partial charge in [-0.2, -0.15) is 0 Å². The third-order valence-corrected chi connectivity index (χ3v) is 9.41. The second-order valence-electron chi connectivity index (χ2n) is 10.6. The highest BCUT2D eigenvalue weighted by Crippen LogP contribution is 2.64. The molecule has 2 amide bonds. The molecule has 0 aromatic heterocycles. The van der Waals surface area contributed by atoms with Crippen LogP contribution >= 0.6 is 11.6 Å². The predicted octanol–water partition coefficient (Wildman–Crippen LogP) is 5.32. The maximum atomic E-state index is 13.6. The lowest BCUT2D eigenvalue weighted by atomic mass is 9.53. The Morgan fingerprint density at radius 3 is 1.97 bits per heavy atom. The monoisotopic (exact) mass is 419 g/mol. The molecule has 0 radical (unpaired) electrons. The summed E-state index contributed by atoms with van der Waals surface area (Å²) in [6.07, 6.45) is 11.3. The summed E-state index contributed by atoms with van der Waals surface area (Å²) in [4.78, 5) is 28.6. The van der Waals surface area contributed by atoms with Crippen molar-refractivity contribution in [1.29, 1.82) is 0 Å². The van der Waals surface area contributed by atoms with E-state index in [4.69, 9.17) is 11.6 Å². The van der Waals surface area contributed by atoms with Gasteiger partial charge in [0, 0.05) is 16.9 Å². The first-order valence-electron chi connectivity index (χ1n) is 11.6. The van der Waals surface area contributed by atoms with Gasteiger partial charge in [-0.15, -0.1) is 0 Å². The highest BCUT2D eigenvalue weighted by atomic mass is 35.5. The maximum Gasteiger partial charge on any atom is 0.238 e. The van der Waals surface area contributed by atoms with Gasteiger partial charge in [-0.05, 0) is 80.4 Å². The fraction of sp³-hybridized carbons (Fsp3) is 0.538. The molecule has 8 rings (SSSR count). The number of carbonyl (C=O) groups excluding carboxylic acids is 2. The molecule has 7 aliphatic rings. The number of amides is 2. The van der Waals surface area contributed by atoms with Crippen LogP contribution in [0, 0.1) is 54.3 Å². The van der Waals surface area contributed by atoms with E-state index in [-0.39, 0.29) is 35.5 Å². The minimum absolute atomic E-state index is 0.0193. The van der Waals surface area contributed by atoms with Crippen LogP contribution in [0.15, 0.2) is 41.5 Å². The van der Waals surface area contributed by atoms with Crippen LogP contribution in [0.4, 0.5) is 5.69 Å². The quantitative estimate of drug-likeness (QED) is 0.456. The van der Waals surface area contributed by atoms with Crippen molar-refractivity contribution in [2.45, 2.75) is 39.0 Å². The van der Waals surface area contributed by atoms with Gasteiger partial charge in [0.1, 0.15) is 0 Å². The number of allylic oxidation sites excluding steroid dienone is 4. The summed E-state index contributed by atoms with van der Waals surface area (Å²) in [5.74, 6) is 3.08. The zero-order valence-corrected chi connectivity index (χ0v) is 17.9. The number of hydrogen-bond acceptors (Lipinski definition) is 2. The molecule has 6 bridgehead atoms. The summed E-state index contributed by atoms with van der Waals surface area (Å²) in [5.41, 5.74) is 4.75. The topological polar surface area (TPSA) is 37.4 Å². The third kappa shape index (κ3) is 2.12. The second kappa shape index (κ2) is 5.88. The Bertz CT molecular complexity index is 1000. The zero-order chi connectivity index (χ0) is 20.3. The Hall–Kier alpha value is -1.87. The van der Waals surface area contributed by atoms with E-state index in [1.165, 1.54) is 42.6 Å². The molecule has 1 aliphatic heterocycles. The van der Waals surface area contributed by atoms with E-state index < -0.39 is 0 Å². The van der Waals surface area contributed by atoms with Crippen molar-refractivity contribution in [3.63, 3.8) is 0 Å². The van der Waals surface area contributed by atoms with Crippen molar-refractivity contribution in [2.75, 3.05) is 4.90 Å². The molecule has 0 spiro atoms. The first-order chi connectivity index (χ1) is 14.5. The van der Waals surface area contributed by atoms with Crippen molar-refractivity contribution in [3.8, 4) is 0 Å². The average molecular weight is 420 g/mol. The van der Waals surface area contributed by atoms with Gasteiger partial charge < -0.3 is 0 Å². The summed E-state index contributed by atoms with van der Waals surface area (Å²) in [7, 11) is 0. The Balaban J connectivity index is 1.30. The van der Waals surface area contributed by atoms with Gasteiger partial charge in [-0.25, -0.2) is 4.90 Å². The van der Waals surface area contributed by atoms with Crippen LogP contribution in [0.1, 0.15) is 37.7 Å². The minimum atomic E-state index is -0.217. The molecule has 4 atom stereocenters. The lowest BCUT2D eigenvalue weighted by Gasteiger charge is -2.52. The number of aryl methyl sites for hydroxylation is 1. The molecular formula is C26H26ClNO2. The number of anilines is 1. The standard InChI is InChI=1S/C26H26ClNO2/c1-12-2-3-17(27)11-20(12)28-25(29)23-18-4-5-19(24(23)26(28)30)22(18)21-15-7-13-6-14(9-15)10-16(21)8-13/h2-5,11,13-16,18-19,23-24H,6-10H2,1H3/t13?,14?,15?,16?,18-,19-,23+,24+/m1/s1. The molecule has 1 heterocycles. The Labute approximate surface area is 182 Å². The van der Waals surface area contributed by atoms with Gasteiger partial charge in [0.2, 0.25) is 11.8 Å². The molecule has 30 heavy (non-hydrogen) atoms. The third-order valence-electron chi connectivity index (χ3n) is 9.18. The first-order valence-corrected chi connectivity index (χ1v) is 11.9. The molecule has 5 saturated carbocycles. The number of fused-ring (bicyclic) bond motifs is 5. The van der Waals surface area contributed by atoms with Crippen LogP contribution in [-0.4, -0.2) is 11.8 Å². The summed E-state index contributed by atoms with van der Waals surface area (Å²) in [6, 6.07) is 5.47. The van der Waals surface area contributed by atoms with Crippen LogP contribution in [-0.2, 0) is 9.59 Å². The van der Waals surface area contributed by atoms with E-state index >= 15 is 0 Å². The molecule has 3 nitrogen and oxygen atoms in total. The summed E-state index contributed by atoms with van der Waals surface area (Å²) in [5, 5.41) is 0.561. The minimum Gasteiger partial charge on any atom is -0.274 e. The highest BCUT2D eigenvalue weighted by Gasteiger charge is 2.63. The van der Waals surface area contributed by atoms with Crippen molar-refractivity contribution in [3.05, 3.63) is 52.1 Å². The van der Waals surface area contributed by atoms with E-state index in [1.807, 2.05) is 19.1 Å². The van der Waals surface area contributed by atoms with E-state index in [0.29, 0.717) is 10.7 Å². The normalized spacial score (nSPS) is 42.8. The smallest absolute Gasteiger partial charge is 0.238 e. The second-order valence-corrected chi connectivity index (χ2v) is 11.1. The lowest BCUT2D eigenvalue weighted by molar-refractivity contribution is -0.123. The molecule has 4 heteroatoms.